The highest BCUT2D eigenvalue weighted by atomic mass is 14.3. The predicted octanol–water partition coefficient (Wildman–Crippen LogP) is 9.59. The second kappa shape index (κ2) is 7.17. The summed E-state index contributed by atoms with van der Waals surface area (Å²) < 4.78 is 0. The van der Waals surface area contributed by atoms with E-state index in [1.807, 2.05) is 0 Å². The van der Waals surface area contributed by atoms with Gasteiger partial charge < -0.3 is 0 Å². The topological polar surface area (TPSA) is 0 Å². The zero-order chi connectivity index (χ0) is 22.8. The van der Waals surface area contributed by atoms with E-state index >= 15 is 0 Å². The molecule has 0 spiro atoms. The van der Waals surface area contributed by atoms with E-state index in [0.717, 1.165) is 0 Å². The minimum atomic E-state index is 1.28. The third-order valence-corrected chi connectivity index (χ3v) is 7.63. The summed E-state index contributed by atoms with van der Waals surface area (Å²) in [6.45, 7) is 4.58. The van der Waals surface area contributed by atoms with E-state index in [1.165, 1.54) is 77.2 Å². The fourth-order valence-corrected chi connectivity index (χ4v) is 6.05. The normalized spacial score (nSPS) is 11.8. The lowest BCUT2D eigenvalue weighted by Crippen LogP contribution is -1.97. The van der Waals surface area contributed by atoms with Crippen LogP contribution >= 0.6 is 0 Å². The van der Waals surface area contributed by atoms with Gasteiger partial charge in [0.2, 0.25) is 0 Å². The molecule has 0 bridgehead atoms. The van der Waals surface area contributed by atoms with Crippen LogP contribution in [-0.4, -0.2) is 0 Å². The monoisotopic (exact) mass is 432 g/mol. The van der Waals surface area contributed by atoms with Crippen molar-refractivity contribution in [1.29, 1.82) is 0 Å². The second-order valence-electron chi connectivity index (χ2n) is 9.35. The van der Waals surface area contributed by atoms with Gasteiger partial charge in [0.15, 0.2) is 0 Å². The Balaban J connectivity index is 1.76. The number of rotatable bonds is 2. The second-order valence-corrected chi connectivity index (χ2v) is 9.35. The molecule has 0 unspecified atom stereocenters. The number of benzene rings is 6. The van der Waals surface area contributed by atoms with Crippen molar-refractivity contribution in [1.82, 2.24) is 0 Å². The van der Waals surface area contributed by atoms with Crippen molar-refractivity contribution in [3.05, 3.63) is 120 Å². The maximum Gasteiger partial charge on any atom is -0.00170 e. The Morgan fingerprint density at radius 2 is 0.912 bits per heavy atom. The van der Waals surface area contributed by atoms with Gasteiger partial charge >= 0.3 is 0 Å². The van der Waals surface area contributed by atoms with Gasteiger partial charge in [0.25, 0.3) is 0 Å². The van der Waals surface area contributed by atoms with Gasteiger partial charge in [0, 0.05) is 0 Å². The van der Waals surface area contributed by atoms with Crippen LogP contribution in [0.2, 0.25) is 0 Å². The van der Waals surface area contributed by atoms with Crippen LogP contribution in [0.3, 0.4) is 0 Å². The average Bonchev–Trinajstić information content (AvgIpc) is 3.21. The molecule has 6 aromatic rings. The van der Waals surface area contributed by atoms with Gasteiger partial charge in [0.05, 0.1) is 0 Å². The minimum Gasteiger partial charge on any atom is -0.0622 e. The van der Waals surface area contributed by atoms with Crippen LogP contribution in [0, 0.1) is 13.8 Å². The first-order chi connectivity index (χ1) is 16.7. The van der Waals surface area contributed by atoms with Gasteiger partial charge in [-0.15, -0.1) is 0 Å². The molecule has 0 saturated carbocycles. The summed E-state index contributed by atoms with van der Waals surface area (Å²) in [6.07, 6.45) is 0. The van der Waals surface area contributed by atoms with Crippen LogP contribution in [0.5, 0.6) is 0 Å². The minimum absolute atomic E-state index is 1.28. The molecule has 0 heterocycles. The fourth-order valence-electron chi connectivity index (χ4n) is 6.05. The third-order valence-electron chi connectivity index (χ3n) is 7.63. The van der Waals surface area contributed by atoms with Crippen molar-refractivity contribution >= 4 is 21.5 Å². The summed E-state index contributed by atoms with van der Waals surface area (Å²) in [7, 11) is 0. The molecule has 0 nitrogen and oxygen atoms in total. The molecule has 0 fully saturated rings. The third kappa shape index (κ3) is 2.54. The predicted molar refractivity (Wildman–Crippen MR) is 146 cm³/mol. The summed E-state index contributed by atoms with van der Waals surface area (Å²) in [5, 5.41) is 5.43. The molecule has 1 aliphatic carbocycles. The summed E-state index contributed by atoms with van der Waals surface area (Å²) in [5.41, 5.74) is 13.4. The largest absolute Gasteiger partial charge is 0.0622 e. The van der Waals surface area contributed by atoms with Crippen LogP contribution in [-0.2, 0) is 0 Å². The lowest BCUT2D eigenvalue weighted by molar-refractivity contribution is 1.36. The molecular weight excluding hydrogens is 408 g/mol. The SMILES string of the molecule is Cc1c(C)c(-c2ccccc2)c2c(cc3c4c(cccc42)-c2ccccc2-3)c1-c1ccccc1. The molecule has 6 aromatic carbocycles. The van der Waals surface area contributed by atoms with Gasteiger partial charge in [-0.05, 0) is 97.1 Å². The van der Waals surface area contributed by atoms with E-state index in [1.54, 1.807) is 0 Å². The summed E-state index contributed by atoms with van der Waals surface area (Å²) in [4.78, 5) is 0. The maximum atomic E-state index is 2.47. The molecule has 0 atom stereocenters. The van der Waals surface area contributed by atoms with Crippen molar-refractivity contribution in [2.45, 2.75) is 13.8 Å². The van der Waals surface area contributed by atoms with Crippen LogP contribution in [0.4, 0.5) is 0 Å². The molecule has 0 N–H and O–H groups in total. The van der Waals surface area contributed by atoms with E-state index in [0.29, 0.717) is 0 Å². The van der Waals surface area contributed by atoms with Gasteiger partial charge in [-0.2, -0.15) is 0 Å². The van der Waals surface area contributed by atoms with Crippen LogP contribution in [0.15, 0.2) is 109 Å². The Morgan fingerprint density at radius 3 is 1.59 bits per heavy atom. The van der Waals surface area contributed by atoms with Crippen molar-refractivity contribution in [3.8, 4) is 44.5 Å². The molecule has 0 amide bonds. The molecule has 0 aliphatic heterocycles. The molecule has 0 saturated heterocycles. The fraction of sp³-hybridized carbons (Fsp3) is 0.0588. The zero-order valence-corrected chi connectivity index (χ0v) is 19.4. The van der Waals surface area contributed by atoms with Crippen molar-refractivity contribution < 1.29 is 0 Å². The van der Waals surface area contributed by atoms with E-state index in [4.69, 9.17) is 0 Å². The molecular formula is C34H24. The lowest BCUT2D eigenvalue weighted by atomic mass is 9.82. The molecule has 0 aromatic heterocycles. The molecule has 0 heteroatoms. The Morgan fingerprint density at radius 1 is 0.382 bits per heavy atom. The van der Waals surface area contributed by atoms with Crippen LogP contribution < -0.4 is 0 Å². The maximum absolute atomic E-state index is 2.47. The van der Waals surface area contributed by atoms with E-state index < -0.39 is 0 Å². The highest BCUT2D eigenvalue weighted by Crippen LogP contribution is 2.53. The number of hydrogen-bond donors (Lipinski definition) is 0. The summed E-state index contributed by atoms with van der Waals surface area (Å²) >= 11 is 0. The highest BCUT2D eigenvalue weighted by molar-refractivity contribution is 6.28. The van der Waals surface area contributed by atoms with Gasteiger partial charge in [-0.25, -0.2) is 0 Å². The highest BCUT2D eigenvalue weighted by Gasteiger charge is 2.26. The lowest BCUT2D eigenvalue weighted by Gasteiger charge is -2.22. The molecule has 7 rings (SSSR count). The molecule has 34 heavy (non-hydrogen) atoms. The first kappa shape index (κ1) is 19.3. The summed E-state index contributed by atoms with van der Waals surface area (Å²) in [6, 6.07) is 40.0. The molecule has 1 aliphatic rings. The average molecular weight is 433 g/mol. The van der Waals surface area contributed by atoms with E-state index in [2.05, 4.69) is 123 Å². The van der Waals surface area contributed by atoms with E-state index in [9.17, 15) is 0 Å². The van der Waals surface area contributed by atoms with E-state index in [-0.39, 0.29) is 0 Å². The number of hydrogen-bond acceptors (Lipinski definition) is 0. The Bertz CT molecular complexity index is 1740. The van der Waals surface area contributed by atoms with Crippen LogP contribution in [0.25, 0.3) is 66.1 Å². The van der Waals surface area contributed by atoms with Gasteiger partial charge in [-0.1, -0.05) is 103 Å². The Hall–Kier alpha value is -4.16. The molecule has 160 valence electrons. The van der Waals surface area contributed by atoms with Gasteiger partial charge in [0.1, 0.15) is 0 Å². The smallest absolute Gasteiger partial charge is 0.00170 e. The first-order valence-electron chi connectivity index (χ1n) is 12.0. The van der Waals surface area contributed by atoms with Crippen molar-refractivity contribution in [3.63, 3.8) is 0 Å². The quantitative estimate of drug-likeness (QED) is 0.239. The zero-order valence-electron chi connectivity index (χ0n) is 19.4. The Kier molecular flexibility index (Phi) is 4.07. The van der Waals surface area contributed by atoms with Gasteiger partial charge in [-0.3, -0.25) is 0 Å². The first-order valence-corrected chi connectivity index (χ1v) is 12.0. The number of fused-ring (bicyclic) bond motifs is 5. The van der Waals surface area contributed by atoms with Crippen molar-refractivity contribution in [2.75, 3.05) is 0 Å². The van der Waals surface area contributed by atoms with Crippen molar-refractivity contribution in [2.24, 2.45) is 0 Å². The molecule has 0 radical (unpaired) electrons. The summed E-state index contributed by atoms with van der Waals surface area (Å²) in [5.74, 6) is 0. The van der Waals surface area contributed by atoms with Crippen LogP contribution in [0.1, 0.15) is 11.1 Å². The Labute approximate surface area is 200 Å². The standard InChI is InChI=1S/C34H24/c1-21-22(2)32(24-14-7-4-8-15-24)34-28-19-11-18-27-25-16-9-10-17-26(25)29(33(27)28)20-30(34)31(21)23-12-5-3-6-13-23/h3-20H,1-2H3.